The Morgan fingerprint density at radius 1 is 1.37 bits per heavy atom. The highest BCUT2D eigenvalue weighted by molar-refractivity contribution is 5.85. The summed E-state index contributed by atoms with van der Waals surface area (Å²) >= 11 is 0. The first kappa shape index (κ1) is 17.7. The molecular weight excluding hydrogens is 264 g/mol. The number of hydrogen-bond donors (Lipinski definition) is 2. The van der Waals surface area contributed by atoms with Crippen LogP contribution in [0.5, 0.6) is 5.75 Å². The summed E-state index contributed by atoms with van der Waals surface area (Å²) in [4.78, 5) is 11.5. The quantitative estimate of drug-likeness (QED) is 0.807. The molecule has 0 saturated heterocycles. The molecular formula is C14H23ClN2O2. The highest BCUT2D eigenvalue weighted by Crippen LogP contribution is 2.12. The van der Waals surface area contributed by atoms with Crippen LogP contribution in [-0.4, -0.2) is 19.1 Å². The molecule has 5 heteroatoms. The third kappa shape index (κ3) is 6.45. The molecule has 0 bridgehead atoms. The Morgan fingerprint density at radius 3 is 2.53 bits per heavy atom. The zero-order valence-corrected chi connectivity index (χ0v) is 12.3. The van der Waals surface area contributed by atoms with Crippen molar-refractivity contribution in [3.8, 4) is 5.75 Å². The molecule has 1 unspecified atom stereocenters. The first-order valence-corrected chi connectivity index (χ1v) is 6.37. The van der Waals surface area contributed by atoms with E-state index in [1.807, 2.05) is 31.2 Å². The second kappa shape index (κ2) is 9.64. The monoisotopic (exact) mass is 286 g/mol. The van der Waals surface area contributed by atoms with E-state index in [2.05, 4.69) is 12.2 Å². The number of hydrogen-bond acceptors (Lipinski definition) is 3. The van der Waals surface area contributed by atoms with E-state index in [-0.39, 0.29) is 24.2 Å². The Kier molecular flexibility index (Phi) is 9.00. The van der Waals surface area contributed by atoms with Crippen LogP contribution in [0.4, 0.5) is 0 Å². The molecule has 0 fully saturated rings. The third-order valence-electron chi connectivity index (χ3n) is 2.66. The number of carbonyl (C=O) groups is 1. The Labute approximate surface area is 121 Å². The van der Waals surface area contributed by atoms with E-state index in [9.17, 15) is 4.79 Å². The summed E-state index contributed by atoms with van der Waals surface area (Å²) in [6.07, 6.45) is 0.995. The molecule has 1 rings (SSSR count). The van der Waals surface area contributed by atoms with Crippen molar-refractivity contribution >= 4 is 18.3 Å². The Hall–Kier alpha value is -1.26. The third-order valence-corrected chi connectivity index (χ3v) is 2.66. The van der Waals surface area contributed by atoms with Gasteiger partial charge in [-0.3, -0.25) is 4.79 Å². The zero-order valence-electron chi connectivity index (χ0n) is 11.5. The molecule has 1 amide bonds. The molecule has 0 aromatic heterocycles. The molecule has 108 valence electrons. The molecule has 0 aliphatic carbocycles. The molecule has 1 aromatic rings. The number of ether oxygens (including phenoxy) is 1. The average Bonchev–Trinajstić information content (AvgIpc) is 2.42. The largest absolute Gasteiger partial charge is 0.494 e. The van der Waals surface area contributed by atoms with Gasteiger partial charge in [0.2, 0.25) is 5.91 Å². The van der Waals surface area contributed by atoms with Gasteiger partial charge in [0.1, 0.15) is 5.75 Å². The van der Waals surface area contributed by atoms with E-state index >= 15 is 0 Å². The maximum Gasteiger partial charge on any atom is 0.224 e. The Bertz CT molecular complexity index is 368. The SMILES string of the molecule is CCCOc1ccc(CNC(=O)C(C)CN)cc1.Cl. The van der Waals surface area contributed by atoms with Crippen LogP contribution in [-0.2, 0) is 11.3 Å². The number of halogens is 1. The molecule has 0 heterocycles. The van der Waals surface area contributed by atoms with Crippen LogP contribution in [0.1, 0.15) is 25.8 Å². The molecule has 0 aliphatic rings. The number of nitrogens with two attached hydrogens (primary N) is 1. The zero-order chi connectivity index (χ0) is 13.4. The summed E-state index contributed by atoms with van der Waals surface area (Å²) in [6.45, 7) is 5.51. The first-order valence-electron chi connectivity index (χ1n) is 6.37. The number of benzene rings is 1. The predicted molar refractivity (Wildman–Crippen MR) is 79.5 cm³/mol. The molecule has 0 radical (unpaired) electrons. The second-order valence-corrected chi connectivity index (χ2v) is 4.35. The van der Waals surface area contributed by atoms with Gasteiger partial charge in [-0.1, -0.05) is 26.0 Å². The van der Waals surface area contributed by atoms with Gasteiger partial charge in [0.05, 0.1) is 6.61 Å². The van der Waals surface area contributed by atoms with Gasteiger partial charge in [0.25, 0.3) is 0 Å². The van der Waals surface area contributed by atoms with Crippen molar-refractivity contribution in [2.45, 2.75) is 26.8 Å². The fourth-order valence-electron chi connectivity index (χ4n) is 1.39. The van der Waals surface area contributed by atoms with Gasteiger partial charge in [0, 0.05) is 19.0 Å². The van der Waals surface area contributed by atoms with Crippen LogP contribution < -0.4 is 15.8 Å². The van der Waals surface area contributed by atoms with Crippen molar-refractivity contribution in [1.82, 2.24) is 5.32 Å². The van der Waals surface area contributed by atoms with Crippen LogP contribution in [0, 0.1) is 5.92 Å². The Balaban J connectivity index is 0.00000324. The predicted octanol–water partition coefficient (Wildman–Crippen LogP) is 2.11. The molecule has 0 spiro atoms. The maximum absolute atomic E-state index is 11.5. The first-order chi connectivity index (χ1) is 8.67. The van der Waals surface area contributed by atoms with Gasteiger partial charge in [-0.2, -0.15) is 0 Å². The van der Waals surface area contributed by atoms with Gasteiger partial charge in [-0.25, -0.2) is 0 Å². The Morgan fingerprint density at radius 2 is 2.00 bits per heavy atom. The lowest BCUT2D eigenvalue weighted by molar-refractivity contribution is -0.124. The highest BCUT2D eigenvalue weighted by Gasteiger charge is 2.09. The van der Waals surface area contributed by atoms with E-state index in [1.54, 1.807) is 0 Å². The summed E-state index contributed by atoms with van der Waals surface area (Å²) in [5.41, 5.74) is 6.48. The number of amides is 1. The summed E-state index contributed by atoms with van der Waals surface area (Å²) in [5, 5.41) is 2.85. The van der Waals surface area contributed by atoms with Crippen molar-refractivity contribution < 1.29 is 9.53 Å². The van der Waals surface area contributed by atoms with Crippen LogP contribution in [0.25, 0.3) is 0 Å². The fraction of sp³-hybridized carbons (Fsp3) is 0.500. The van der Waals surface area contributed by atoms with E-state index in [0.717, 1.165) is 24.3 Å². The lowest BCUT2D eigenvalue weighted by atomic mass is 10.1. The summed E-state index contributed by atoms with van der Waals surface area (Å²) in [5.74, 6) is 0.711. The standard InChI is InChI=1S/C14H22N2O2.ClH/c1-3-8-18-13-6-4-12(5-7-13)10-16-14(17)11(2)9-15;/h4-7,11H,3,8-10,15H2,1-2H3,(H,16,17);1H. The van der Waals surface area contributed by atoms with Gasteiger partial charge in [-0.05, 0) is 24.1 Å². The van der Waals surface area contributed by atoms with E-state index in [0.29, 0.717) is 13.1 Å². The van der Waals surface area contributed by atoms with Crippen molar-refractivity contribution in [2.75, 3.05) is 13.2 Å². The normalized spacial score (nSPS) is 11.3. The summed E-state index contributed by atoms with van der Waals surface area (Å²) in [7, 11) is 0. The minimum absolute atomic E-state index is 0. The van der Waals surface area contributed by atoms with Crippen molar-refractivity contribution in [3.63, 3.8) is 0 Å². The molecule has 4 nitrogen and oxygen atoms in total. The number of carbonyl (C=O) groups excluding carboxylic acids is 1. The smallest absolute Gasteiger partial charge is 0.224 e. The number of rotatable bonds is 7. The molecule has 1 atom stereocenters. The van der Waals surface area contributed by atoms with Gasteiger partial charge < -0.3 is 15.8 Å². The molecule has 1 aromatic carbocycles. The minimum Gasteiger partial charge on any atom is -0.494 e. The highest BCUT2D eigenvalue weighted by atomic mass is 35.5. The molecule has 19 heavy (non-hydrogen) atoms. The number of nitrogens with one attached hydrogen (secondary N) is 1. The molecule has 0 saturated carbocycles. The molecule has 3 N–H and O–H groups in total. The van der Waals surface area contributed by atoms with E-state index in [4.69, 9.17) is 10.5 Å². The van der Waals surface area contributed by atoms with E-state index < -0.39 is 0 Å². The van der Waals surface area contributed by atoms with Crippen molar-refractivity contribution in [2.24, 2.45) is 11.7 Å². The van der Waals surface area contributed by atoms with Crippen LogP contribution in [0.3, 0.4) is 0 Å². The van der Waals surface area contributed by atoms with Crippen LogP contribution >= 0.6 is 12.4 Å². The van der Waals surface area contributed by atoms with Crippen molar-refractivity contribution in [1.29, 1.82) is 0 Å². The topological polar surface area (TPSA) is 64.3 Å². The maximum atomic E-state index is 11.5. The van der Waals surface area contributed by atoms with Crippen LogP contribution in [0.2, 0.25) is 0 Å². The van der Waals surface area contributed by atoms with Gasteiger partial charge in [0.15, 0.2) is 0 Å². The summed E-state index contributed by atoms with van der Waals surface area (Å²) < 4.78 is 5.49. The van der Waals surface area contributed by atoms with Crippen molar-refractivity contribution in [3.05, 3.63) is 29.8 Å². The second-order valence-electron chi connectivity index (χ2n) is 4.35. The van der Waals surface area contributed by atoms with Gasteiger partial charge >= 0.3 is 0 Å². The van der Waals surface area contributed by atoms with Crippen LogP contribution in [0.15, 0.2) is 24.3 Å². The van der Waals surface area contributed by atoms with Gasteiger partial charge in [-0.15, -0.1) is 12.4 Å². The lowest BCUT2D eigenvalue weighted by Crippen LogP contribution is -2.32. The average molecular weight is 287 g/mol. The summed E-state index contributed by atoms with van der Waals surface area (Å²) in [6, 6.07) is 7.75. The molecule has 0 aliphatic heterocycles. The fourth-order valence-corrected chi connectivity index (χ4v) is 1.39. The van der Waals surface area contributed by atoms with E-state index in [1.165, 1.54) is 0 Å². The lowest BCUT2D eigenvalue weighted by Gasteiger charge is -2.10. The minimum atomic E-state index is -0.142.